The van der Waals surface area contributed by atoms with Gasteiger partial charge in [-0.2, -0.15) is 0 Å². The van der Waals surface area contributed by atoms with Gasteiger partial charge in [-0.05, 0) is 42.3 Å². The Morgan fingerprint density at radius 1 is 1.17 bits per heavy atom. The van der Waals surface area contributed by atoms with E-state index in [1.165, 1.54) is 30.3 Å². The number of hydrogen-bond acceptors (Lipinski definition) is 9. The Labute approximate surface area is 211 Å². The topological polar surface area (TPSA) is 181 Å². The number of amides is 1. The molecule has 0 spiro atoms. The third-order valence-electron chi connectivity index (χ3n) is 5.48. The zero-order valence-corrected chi connectivity index (χ0v) is 20.2. The Hall–Kier alpha value is -3.83. The summed E-state index contributed by atoms with van der Waals surface area (Å²) in [5.41, 5.74) is 1.14. The van der Waals surface area contributed by atoms with Crippen LogP contribution in [0, 0.1) is 6.92 Å². The zero-order valence-electron chi connectivity index (χ0n) is 19.4. The van der Waals surface area contributed by atoms with Crippen LogP contribution >= 0.6 is 11.6 Å². The number of aliphatic hydroxyl groups is 1. The lowest BCUT2D eigenvalue weighted by atomic mass is 9.89. The number of aliphatic imine (C=N–C) groups is 1. The second-order valence-corrected chi connectivity index (χ2v) is 8.93. The molecule has 0 radical (unpaired) electrons. The van der Waals surface area contributed by atoms with Gasteiger partial charge < -0.3 is 36.4 Å². The molecule has 2 aromatic rings. The van der Waals surface area contributed by atoms with Crippen LogP contribution in [-0.4, -0.2) is 69.8 Å². The number of aliphatic hydroxyl groups excluding tert-OH is 1. The summed E-state index contributed by atoms with van der Waals surface area (Å²) in [6.07, 6.45) is -1.26. The maximum Gasteiger partial charge on any atom is 0.303 e. The summed E-state index contributed by atoms with van der Waals surface area (Å²) in [6.45, 7) is 1.73. The number of phenolic OH excluding ortho intramolecular Hbond substituents is 2. The smallest absolute Gasteiger partial charge is 0.303 e. The summed E-state index contributed by atoms with van der Waals surface area (Å²) in [5, 5.41) is 47.7. The minimum Gasteiger partial charge on any atom is -0.508 e. The lowest BCUT2D eigenvalue weighted by molar-refractivity contribution is -0.137. The summed E-state index contributed by atoms with van der Waals surface area (Å²) in [4.78, 5) is 40.7. The van der Waals surface area contributed by atoms with E-state index in [0.29, 0.717) is 28.8 Å². The van der Waals surface area contributed by atoms with Crippen molar-refractivity contribution in [3.8, 4) is 11.5 Å². The van der Waals surface area contributed by atoms with Crippen LogP contribution in [0.15, 0.2) is 35.3 Å². The van der Waals surface area contributed by atoms with Gasteiger partial charge in [0.05, 0.1) is 25.6 Å². The molecule has 0 bridgehead atoms. The number of rotatable bonds is 9. The number of aryl methyl sites for hydroxylation is 1. The van der Waals surface area contributed by atoms with Crippen molar-refractivity contribution >= 4 is 40.9 Å². The summed E-state index contributed by atoms with van der Waals surface area (Å²) >= 11 is 6.05. The van der Waals surface area contributed by atoms with E-state index in [1.807, 2.05) is 0 Å². The predicted molar refractivity (Wildman–Crippen MR) is 133 cm³/mol. The molecule has 192 valence electrons. The summed E-state index contributed by atoms with van der Waals surface area (Å²) in [7, 11) is 0. The molecule has 2 aromatic carbocycles. The van der Waals surface area contributed by atoms with Gasteiger partial charge in [0, 0.05) is 41.2 Å². The number of ketones is 1. The number of hydrogen-bond donors (Lipinski definition) is 7. The molecule has 2 atom stereocenters. The Bertz CT molecular complexity index is 1200. The number of halogens is 1. The van der Waals surface area contributed by atoms with Crippen molar-refractivity contribution in [3.05, 3.63) is 52.0 Å². The van der Waals surface area contributed by atoms with Gasteiger partial charge in [-0.25, -0.2) is 0 Å². The van der Waals surface area contributed by atoms with Crippen molar-refractivity contribution in [2.45, 2.75) is 31.8 Å². The maximum absolute atomic E-state index is 12.6. The molecule has 0 saturated carbocycles. The number of Topliss-reactive ketones (excluding diaryl/α,β-unsaturated/α-hetero) is 1. The number of benzene rings is 2. The highest BCUT2D eigenvalue weighted by molar-refractivity contribution is 6.30. The second-order valence-electron chi connectivity index (χ2n) is 8.50. The van der Waals surface area contributed by atoms with E-state index in [4.69, 9.17) is 11.6 Å². The van der Waals surface area contributed by atoms with E-state index in [2.05, 4.69) is 20.9 Å². The van der Waals surface area contributed by atoms with Crippen LogP contribution in [0.25, 0.3) is 0 Å². The van der Waals surface area contributed by atoms with Crippen LogP contribution in [0.2, 0.25) is 5.02 Å². The van der Waals surface area contributed by atoms with E-state index < -0.39 is 36.1 Å². The van der Waals surface area contributed by atoms with Crippen LogP contribution < -0.4 is 16.0 Å². The molecular weight excluding hydrogens is 492 g/mol. The predicted octanol–water partition coefficient (Wildman–Crippen LogP) is 1.74. The van der Waals surface area contributed by atoms with E-state index in [-0.39, 0.29) is 42.1 Å². The molecular formula is C24H27ClN4O7. The van der Waals surface area contributed by atoms with Crippen molar-refractivity contribution in [2.24, 2.45) is 4.99 Å². The standard InChI is InChI=1S/C24H27ClN4O7/c1-12-2-15(25)7-20(22(12)35)13(6-21(33)34)4-18(31)9-26-23(36)14-3-16(8-17(30)5-14)29-24-27-10-19(32)11-28-24/h2-3,5,7-8,13,19,30,32,35H,4,6,9-11H2,1H3,(H,26,36)(H,33,34)(H2,27,28,29)/t13-/m1/s1. The molecule has 0 saturated heterocycles. The Morgan fingerprint density at radius 2 is 1.92 bits per heavy atom. The number of carboxylic acid groups (broad SMARTS) is 1. The van der Waals surface area contributed by atoms with Gasteiger partial charge in [-0.3, -0.25) is 19.4 Å². The number of phenols is 2. The Kier molecular flexibility index (Phi) is 8.73. The first-order chi connectivity index (χ1) is 17.0. The van der Waals surface area contributed by atoms with Crippen LogP contribution in [0.1, 0.15) is 40.2 Å². The second kappa shape index (κ2) is 11.7. The van der Waals surface area contributed by atoms with Crippen LogP contribution in [-0.2, 0) is 9.59 Å². The minimum absolute atomic E-state index is 0.0759. The van der Waals surface area contributed by atoms with Crippen molar-refractivity contribution < 1.29 is 34.8 Å². The van der Waals surface area contributed by atoms with Gasteiger partial charge >= 0.3 is 5.97 Å². The number of aromatic hydroxyl groups is 2. The SMILES string of the molecule is Cc1cc(Cl)cc([C@@H](CC(=O)O)CC(=O)CNC(=O)c2cc(O)cc(NC3=NCC(O)CN3)c2)c1O. The number of β-amino-alcohol motifs (C(OH)–C–C–N with tert-alkyl or cyclic N) is 1. The molecule has 3 rings (SSSR count). The first-order valence-electron chi connectivity index (χ1n) is 11.1. The molecule has 0 fully saturated rings. The molecule has 36 heavy (non-hydrogen) atoms. The molecule has 1 unspecified atom stereocenters. The van der Waals surface area contributed by atoms with Crippen molar-refractivity contribution in [1.82, 2.24) is 10.6 Å². The molecule has 12 heteroatoms. The number of carbonyl (C=O) groups excluding carboxylic acids is 2. The summed E-state index contributed by atoms with van der Waals surface area (Å²) < 4.78 is 0. The van der Waals surface area contributed by atoms with E-state index in [1.54, 1.807) is 6.92 Å². The third-order valence-corrected chi connectivity index (χ3v) is 5.70. The van der Waals surface area contributed by atoms with Gasteiger partial charge in [0.25, 0.3) is 5.91 Å². The number of anilines is 1. The fraction of sp³-hybridized carbons (Fsp3) is 0.333. The highest BCUT2D eigenvalue weighted by atomic mass is 35.5. The largest absolute Gasteiger partial charge is 0.508 e. The lowest BCUT2D eigenvalue weighted by Crippen LogP contribution is -2.42. The number of nitrogens with zero attached hydrogens (tertiary/aromatic N) is 1. The van der Waals surface area contributed by atoms with Crippen molar-refractivity contribution in [2.75, 3.05) is 25.0 Å². The average Bonchev–Trinajstić information content (AvgIpc) is 2.80. The number of carbonyl (C=O) groups is 3. The zero-order chi connectivity index (χ0) is 26.4. The maximum atomic E-state index is 12.6. The van der Waals surface area contributed by atoms with Crippen LogP contribution in [0.5, 0.6) is 11.5 Å². The molecule has 1 heterocycles. The van der Waals surface area contributed by atoms with Gasteiger partial charge in [-0.15, -0.1) is 0 Å². The average molecular weight is 519 g/mol. The van der Waals surface area contributed by atoms with Gasteiger partial charge in [0.2, 0.25) is 0 Å². The number of carboxylic acids is 1. The highest BCUT2D eigenvalue weighted by Crippen LogP contribution is 2.36. The van der Waals surface area contributed by atoms with Crippen molar-refractivity contribution in [1.29, 1.82) is 0 Å². The highest BCUT2D eigenvalue weighted by Gasteiger charge is 2.24. The molecule has 0 aliphatic carbocycles. The summed E-state index contributed by atoms with van der Waals surface area (Å²) in [5.74, 6) is -3.04. The molecule has 1 aliphatic heterocycles. The number of nitrogens with one attached hydrogen (secondary N) is 3. The van der Waals surface area contributed by atoms with Gasteiger partial charge in [-0.1, -0.05) is 11.6 Å². The monoisotopic (exact) mass is 518 g/mol. The molecule has 1 aliphatic rings. The summed E-state index contributed by atoms with van der Waals surface area (Å²) in [6, 6.07) is 7.02. The third kappa shape index (κ3) is 7.33. The number of aliphatic carboxylic acids is 1. The van der Waals surface area contributed by atoms with Gasteiger partial charge in [0.15, 0.2) is 11.7 Å². The Morgan fingerprint density at radius 3 is 2.58 bits per heavy atom. The lowest BCUT2D eigenvalue weighted by Gasteiger charge is -2.20. The fourth-order valence-electron chi connectivity index (χ4n) is 3.77. The fourth-order valence-corrected chi connectivity index (χ4v) is 4.05. The van der Waals surface area contributed by atoms with E-state index in [9.17, 15) is 34.8 Å². The minimum atomic E-state index is -1.15. The molecule has 11 nitrogen and oxygen atoms in total. The van der Waals surface area contributed by atoms with Crippen LogP contribution in [0.3, 0.4) is 0 Å². The number of guanidine groups is 1. The first kappa shape index (κ1) is 26.8. The quantitative estimate of drug-likeness (QED) is 0.260. The van der Waals surface area contributed by atoms with E-state index >= 15 is 0 Å². The molecule has 1 amide bonds. The van der Waals surface area contributed by atoms with Crippen LogP contribution in [0.4, 0.5) is 5.69 Å². The molecule has 7 N–H and O–H groups in total. The first-order valence-corrected chi connectivity index (χ1v) is 11.5. The Balaban J connectivity index is 1.66. The molecule has 0 aromatic heterocycles. The van der Waals surface area contributed by atoms with Gasteiger partial charge in [0.1, 0.15) is 11.5 Å². The van der Waals surface area contributed by atoms with Crippen molar-refractivity contribution in [3.63, 3.8) is 0 Å². The van der Waals surface area contributed by atoms with E-state index in [0.717, 1.165) is 0 Å². The normalized spacial score (nSPS) is 15.9.